The fraction of sp³-hybridized carbons (Fsp3) is 1.00. The van der Waals surface area contributed by atoms with E-state index in [-0.39, 0.29) is 11.6 Å². The zero-order valence-electron chi connectivity index (χ0n) is 14.7. The molecule has 0 aliphatic heterocycles. The minimum Gasteiger partial charge on any atom is -0.374 e. The third kappa shape index (κ3) is 7.15. The van der Waals surface area contributed by atoms with Crippen LogP contribution in [0.25, 0.3) is 0 Å². The van der Waals surface area contributed by atoms with E-state index in [1.165, 1.54) is 83.5 Å². The maximum Gasteiger partial charge on any atom is 0.0832 e. The van der Waals surface area contributed by atoms with E-state index in [0.29, 0.717) is 0 Å². The molecule has 2 nitrogen and oxygen atoms in total. The van der Waals surface area contributed by atoms with Gasteiger partial charge in [0.25, 0.3) is 0 Å². The molecule has 0 aromatic rings. The number of hydrogen-bond acceptors (Lipinski definition) is 2. The van der Waals surface area contributed by atoms with Gasteiger partial charge in [0.05, 0.1) is 5.60 Å². The van der Waals surface area contributed by atoms with Crippen LogP contribution in [0.4, 0.5) is 0 Å². The van der Waals surface area contributed by atoms with Crippen LogP contribution in [0, 0.1) is 0 Å². The maximum absolute atomic E-state index is 6.52. The second-order valence-electron chi connectivity index (χ2n) is 6.93. The standard InChI is InChI=1S/C19H39NO/c1-3-5-6-7-8-9-10-12-15-18(20)19(21-4-2)16-13-11-14-17-19/h18H,3-17,20H2,1-2H3. The van der Waals surface area contributed by atoms with E-state index in [1.54, 1.807) is 0 Å². The molecule has 0 amide bonds. The Hall–Kier alpha value is -0.0800. The van der Waals surface area contributed by atoms with Gasteiger partial charge in [-0.2, -0.15) is 0 Å². The Kier molecular flexibility index (Phi) is 10.4. The summed E-state index contributed by atoms with van der Waals surface area (Å²) in [5, 5.41) is 0. The molecule has 0 spiro atoms. The van der Waals surface area contributed by atoms with Gasteiger partial charge in [-0.1, -0.05) is 77.6 Å². The third-order valence-corrected chi connectivity index (χ3v) is 5.18. The minimum atomic E-state index is 0.00806. The lowest BCUT2D eigenvalue weighted by molar-refractivity contribution is -0.0837. The lowest BCUT2D eigenvalue weighted by Gasteiger charge is -2.41. The van der Waals surface area contributed by atoms with Crippen molar-refractivity contribution in [3.8, 4) is 0 Å². The van der Waals surface area contributed by atoms with E-state index in [9.17, 15) is 0 Å². The van der Waals surface area contributed by atoms with Crippen molar-refractivity contribution in [1.82, 2.24) is 0 Å². The second-order valence-corrected chi connectivity index (χ2v) is 6.93. The Morgan fingerprint density at radius 1 is 0.857 bits per heavy atom. The molecule has 2 heteroatoms. The average molecular weight is 298 g/mol. The van der Waals surface area contributed by atoms with Crippen molar-refractivity contribution < 1.29 is 4.74 Å². The Bertz CT molecular complexity index is 230. The summed E-state index contributed by atoms with van der Waals surface area (Å²) < 4.78 is 6.13. The van der Waals surface area contributed by atoms with Crippen molar-refractivity contribution in [2.45, 2.75) is 115 Å². The summed E-state index contributed by atoms with van der Waals surface area (Å²) in [7, 11) is 0. The average Bonchev–Trinajstić information content (AvgIpc) is 2.51. The lowest BCUT2D eigenvalue weighted by Crippen LogP contribution is -2.51. The van der Waals surface area contributed by atoms with Gasteiger partial charge in [-0.3, -0.25) is 0 Å². The molecule has 1 atom stereocenters. The summed E-state index contributed by atoms with van der Waals surface area (Å²) in [6.07, 6.45) is 18.5. The van der Waals surface area contributed by atoms with Crippen LogP contribution in [-0.2, 0) is 4.74 Å². The molecule has 1 aliphatic carbocycles. The molecule has 1 rings (SSSR count). The highest BCUT2D eigenvalue weighted by Gasteiger charge is 2.38. The molecule has 21 heavy (non-hydrogen) atoms. The van der Waals surface area contributed by atoms with Crippen LogP contribution in [-0.4, -0.2) is 18.2 Å². The largest absolute Gasteiger partial charge is 0.374 e. The van der Waals surface area contributed by atoms with Crippen LogP contribution in [0.3, 0.4) is 0 Å². The summed E-state index contributed by atoms with van der Waals surface area (Å²) >= 11 is 0. The Balaban J connectivity index is 2.14. The Morgan fingerprint density at radius 2 is 1.43 bits per heavy atom. The monoisotopic (exact) mass is 297 g/mol. The first-order chi connectivity index (χ1) is 10.2. The maximum atomic E-state index is 6.52. The van der Waals surface area contributed by atoms with Crippen molar-refractivity contribution in [2.24, 2.45) is 5.73 Å². The fourth-order valence-corrected chi connectivity index (χ4v) is 3.82. The van der Waals surface area contributed by atoms with Crippen molar-refractivity contribution >= 4 is 0 Å². The van der Waals surface area contributed by atoms with Crippen LogP contribution in [0.2, 0.25) is 0 Å². The van der Waals surface area contributed by atoms with Crippen LogP contribution >= 0.6 is 0 Å². The van der Waals surface area contributed by atoms with Crippen molar-refractivity contribution in [1.29, 1.82) is 0 Å². The zero-order valence-corrected chi connectivity index (χ0v) is 14.7. The molecule has 0 aromatic heterocycles. The first-order valence-electron chi connectivity index (χ1n) is 9.64. The minimum absolute atomic E-state index is 0.00806. The fourth-order valence-electron chi connectivity index (χ4n) is 3.82. The van der Waals surface area contributed by atoms with E-state index in [4.69, 9.17) is 10.5 Å². The van der Waals surface area contributed by atoms with Gasteiger partial charge >= 0.3 is 0 Å². The molecule has 126 valence electrons. The predicted octanol–water partition coefficient (Wildman–Crippen LogP) is 5.58. The van der Waals surface area contributed by atoms with E-state index in [2.05, 4.69) is 13.8 Å². The summed E-state index contributed by atoms with van der Waals surface area (Å²) in [5.41, 5.74) is 6.53. The second kappa shape index (κ2) is 11.5. The number of unbranched alkanes of at least 4 members (excludes halogenated alkanes) is 7. The molecule has 1 unspecified atom stereocenters. The molecule has 2 N–H and O–H groups in total. The van der Waals surface area contributed by atoms with E-state index < -0.39 is 0 Å². The molecule has 0 aromatic carbocycles. The van der Waals surface area contributed by atoms with Crippen molar-refractivity contribution in [2.75, 3.05) is 6.61 Å². The van der Waals surface area contributed by atoms with Crippen molar-refractivity contribution in [3.63, 3.8) is 0 Å². The highest BCUT2D eigenvalue weighted by molar-refractivity contribution is 4.93. The van der Waals surface area contributed by atoms with Crippen LogP contribution in [0.5, 0.6) is 0 Å². The normalized spacial score (nSPS) is 19.6. The predicted molar refractivity (Wildman–Crippen MR) is 92.6 cm³/mol. The van der Waals surface area contributed by atoms with Crippen LogP contribution < -0.4 is 5.73 Å². The Labute approximate surface area is 133 Å². The highest BCUT2D eigenvalue weighted by Crippen LogP contribution is 2.35. The molecular weight excluding hydrogens is 258 g/mol. The molecule has 0 radical (unpaired) electrons. The van der Waals surface area contributed by atoms with Gasteiger partial charge in [0.1, 0.15) is 0 Å². The van der Waals surface area contributed by atoms with Crippen LogP contribution in [0.15, 0.2) is 0 Å². The van der Waals surface area contributed by atoms with E-state index in [1.807, 2.05) is 0 Å². The smallest absolute Gasteiger partial charge is 0.0832 e. The molecule has 1 saturated carbocycles. The van der Waals surface area contributed by atoms with E-state index >= 15 is 0 Å². The number of nitrogens with two attached hydrogens (primary N) is 1. The number of rotatable bonds is 12. The van der Waals surface area contributed by atoms with Gasteiger partial charge in [0.15, 0.2) is 0 Å². The highest BCUT2D eigenvalue weighted by atomic mass is 16.5. The van der Waals surface area contributed by atoms with Gasteiger partial charge in [-0.05, 0) is 26.2 Å². The topological polar surface area (TPSA) is 35.2 Å². The zero-order chi connectivity index (χ0) is 15.4. The van der Waals surface area contributed by atoms with Gasteiger partial charge in [0.2, 0.25) is 0 Å². The van der Waals surface area contributed by atoms with Gasteiger partial charge < -0.3 is 10.5 Å². The summed E-state index contributed by atoms with van der Waals surface area (Å²) in [6, 6.07) is 0.248. The van der Waals surface area contributed by atoms with Crippen molar-refractivity contribution in [3.05, 3.63) is 0 Å². The van der Waals surface area contributed by atoms with Gasteiger partial charge in [-0.15, -0.1) is 0 Å². The summed E-state index contributed by atoms with van der Waals surface area (Å²) in [6.45, 7) is 5.20. The molecule has 0 heterocycles. The number of hydrogen-bond donors (Lipinski definition) is 1. The molecular formula is C19H39NO. The number of ether oxygens (including phenoxy) is 1. The summed E-state index contributed by atoms with van der Waals surface area (Å²) in [5.74, 6) is 0. The molecule has 1 fully saturated rings. The first-order valence-corrected chi connectivity index (χ1v) is 9.64. The molecule has 0 saturated heterocycles. The lowest BCUT2D eigenvalue weighted by atomic mass is 9.77. The first kappa shape index (κ1) is 19.0. The van der Waals surface area contributed by atoms with E-state index in [0.717, 1.165) is 13.0 Å². The molecule has 1 aliphatic rings. The van der Waals surface area contributed by atoms with Gasteiger partial charge in [-0.25, -0.2) is 0 Å². The molecule has 0 bridgehead atoms. The van der Waals surface area contributed by atoms with Crippen LogP contribution in [0.1, 0.15) is 104 Å². The summed E-state index contributed by atoms with van der Waals surface area (Å²) in [4.78, 5) is 0. The quantitative estimate of drug-likeness (QED) is 0.477. The third-order valence-electron chi connectivity index (χ3n) is 5.18. The van der Waals surface area contributed by atoms with Gasteiger partial charge in [0, 0.05) is 12.6 Å². The SMILES string of the molecule is CCCCCCCCCCC(N)C1(OCC)CCCCC1. The Morgan fingerprint density at radius 3 is 2.00 bits per heavy atom.